The Morgan fingerprint density at radius 2 is 2.36 bits per heavy atom. The monoisotopic (exact) mass is 215 g/mol. The second kappa shape index (κ2) is 3.80. The molecule has 0 aromatic carbocycles. The largest absolute Gasteiger partial charge is 0.329 e. The first-order valence-corrected chi connectivity index (χ1v) is 4.10. The maximum absolute atomic E-state index is 5.70. The van der Waals surface area contributed by atoms with Gasteiger partial charge in [0.1, 0.15) is 0 Å². The Morgan fingerprint density at radius 1 is 1.64 bits per heavy atom. The number of nitrogens with zero attached hydrogens (tertiary/aromatic N) is 1. The zero-order valence-electron chi connectivity index (χ0n) is 6.00. The molecule has 4 heteroatoms. The lowest BCUT2D eigenvalue weighted by Gasteiger charge is -2.09. The second-order valence-electron chi connectivity index (χ2n) is 2.24. The van der Waals surface area contributed by atoms with E-state index in [1.54, 1.807) is 12.4 Å². The van der Waals surface area contributed by atoms with Crippen molar-refractivity contribution >= 4 is 15.9 Å². The molecule has 1 atom stereocenters. The summed E-state index contributed by atoms with van der Waals surface area (Å²) < 4.78 is 0.963. The SMILES string of the molecule is NCC(N)c1cnccc1Br. The van der Waals surface area contributed by atoms with Gasteiger partial charge in [-0.25, -0.2) is 0 Å². The first kappa shape index (κ1) is 8.64. The van der Waals surface area contributed by atoms with Crippen LogP contribution in [0.5, 0.6) is 0 Å². The molecule has 0 aliphatic rings. The minimum absolute atomic E-state index is 0.127. The minimum atomic E-state index is -0.127. The average molecular weight is 216 g/mol. The van der Waals surface area contributed by atoms with Crippen molar-refractivity contribution in [2.45, 2.75) is 6.04 Å². The lowest BCUT2D eigenvalue weighted by molar-refractivity contribution is 0.729. The summed E-state index contributed by atoms with van der Waals surface area (Å²) in [5.74, 6) is 0. The molecule has 1 rings (SSSR count). The highest BCUT2D eigenvalue weighted by Gasteiger charge is 2.06. The summed E-state index contributed by atoms with van der Waals surface area (Å²) in [5.41, 5.74) is 12.1. The predicted octanol–water partition coefficient (Wildman–Crippen LogP) is 0.803. The normalized spacial score (nSPS) is 13.0. The standard InChI is InChI=1S/C7H10BrN3/c8-6-1-2-11-4-5(6)7(10)3-9/h1-2,4,7H,3,9-10H2. The molecule has 1 aromatic heterocycles. The first-order chi connectivity index (χ1) is 5.25. The van der Waals surface area contributed by atoms with Crippen molar-refractivity contribution in [3.63, 3.8) is 0 Å². The molecule has 0 aliphatic heterocycles. The average Bonchev–Trinajstić information content (AvgIpc) is 2.04. The molecule has 1 heterocycles. The summed E-state index contributed by atoms with van der Waals surface area (Å²) in [6, 6.07) is 1.73. The van der Waals surface area contributed by atoms with Crippen molar-refractivity contribution in [1.29, 1.82) is 0 Å². The molecule has 11 heavy (non-hydrogen) atoms. The third-order valence-electron chi connectivity index (χ3n) is 1.45. The molecule has 60 valence electrons. The number of nitrogens with two attached hydrogens (primary N) is 2. The first-order valence-electron chi connectivity index (χ1n) is 3.30. The molecule has 0 aliphatic carbocycles. The van der Waals surface area contributed by atoms with Gasteiger partial charge in [-0.1, -0.05) is 15.9 Å². The summed E-state index contributed by atoms with van der Waals surface area (Å²) >= 11 is 3.36. The summed E-state index contributed by atoms with van der Waals surface area (Å²) in [4.78, 5) is 3.95. The van der Waals surface area contributed by atoms with Gasteiger partial charge in [0.2, 0.25) is 0 Å². The Labute approximate surface area is 73.9 Å². The van der Waals surface area contributed by atoms with Crippen LogP contribution in [0.4, 0.5) is 0 Å². The summed E-state index contributed by atoms with van der Waals surface area (Å²) in [5, 5.41) is 0. The smallest absolute Gasteiger partial charge is 0.0446 e. The molecule has 1 aromatic rings. The van der Waals surface area contributed by atoms with Crippen molar-refractivity contribution in [3.05, 3.63) is 28.5 Å². The lowest BCUT2D eigenvalue weighted by Crippen LogP contribution is -2.21. The number of hydrogen-bond donors (Lipinski definition) is 2. The van der Waals surface area contributed by atoms with Crippen LogP contribution >= 0.6 is 15.9 Å². The van der Waals surface area contributed by atoms with Gasteiger partial charge in [-0.05, 0) is 6.07 Å². The second-order valence-corrected chi connectivity index (χ2v) is 3.09. The fourth-order valence-corrected chi connectivity index (χ4v) is 1.30. The topological polar surface area (TPSA) is 64.9 Å². The van der Waals surface area contributed by atoms with E-state index < -0.39 is 0 Å². The molecule has 0 amide bonds. The molecule has 4 N–H and O–H groups in total. The fraction of sp³-hybridized carbons (Fsp3) is 0.286. The van der Waals surface area contributed by atoms with Crippen molar-refractivity contribution in [2.24, 2.45) is 11.5 Å². The van der Waals surface area contributed by atoms with Crippen LogP contribution in [-0.2, 0) is 0 Å². The lowest BCUT2D eigenvalue weighted by atomic mass is 10.1. The van der Waals surface area contributed by atoms with Crippen molar-refractivity contribution in [1.82, 2.24) is 4.98 Å². The third-order valence-corrected chi connectivity index (χ3v) is 2.17. The van der Waals surface area contributed by atoms with Crippen molar-refractivity contribution < 1.29 is 0 Å². The Kier molecular flexibility index (Phi) is 2.99. The van der Waals surface area contributed by atoms with Gasteiger partial charge in [-0.2, -0.15) is 0 Å². The van der Waals surface area contributed by atoms with E-state index >= 15 is 0 Å². The number of halogens is 1. The molecule has 0 spiro atoms. The number of pyridine rings is 1. The van der Waals surface area contributed by atoms with Crippen LogP contribution < -0.4 is 11.5 Å². The van der Waals surface area contributed by atoms with Gasteiger partial charge in [0, 0.05) is 35.0 Å². The summed E-state index contributed by atoms with van der Waals surface area (Å²) in [7, 11) is 0. The highest BCUT2D eigenvalue weighted by atomic mass is 79.9. The van der Waals surface area contributed by atoms with E-state index in [-0.39, 0.29) is 6.04 Å². The molecule has 0 saturated carbocycles. The molecule has 0 saturated heterocycles. The van der Waals surface area contributed by atoms with E-state index in [2.05, 4.69) is 20.9 Å². The molecule has 0 bridgehead atoms. The maximum atomic E-state index is 5.70. The van der Waals surface area contributed by atoms with Gasteiger partial charge in [-0.3, -0.25) is 4.98 Å². The van der Waals surface area contributed by atoms with E-state index in [4.69, 9.17) is 11.5 Å². The summed E-state index contributed by atoms with van der Waals surface area (Å²) in [6.45, 7) is 0.435. The van der Waals surface area contributed by atoms with Gasteiger partial charge >= 0.3 is 0 Å². The Bertz CT molecular complexity index is 239. The highest BCUT2D eigenvalue weighted by molar-refractivity contribution is 9.10. The Balaban J connectivity index is 2.93. The zero-order chi connectivity index (χ0) is 8.27. The molecule has 0 fully saturated rings. The summed E-state index contributed by atoms with van der Waals surface area (Å²) in [6.07, 6.45) is 3.43. The van der Waals surface area contributed by atoms with Gasteiger partial charge in [0.05, 0.1) is 0 Å². The van der Waals surface area contributed by atoms with Crippen LogP contribution in [0.15, 0.2) is 22.9 Å². The fourth-order valence-electron chi connectivity index (χ4n) is 0.790. The van der Waals surface area contributed by atoms with Gasteiger partial charge < -0.3 is 11.5 Å². The van der Waals surface area contributed by atoms with Crippen molar-refractivity contribution in [2.75, 3.05) is 6.54 Å². The van der Waals surface area contributed by atoms with Gasteiger partial charge in [-0.15, -0.1) is 0 Å². The number of aromatic nitrogens is 1. The molecule has 0 radical (unpaired) electrons. The minimum Gasteiger partial charge on any atom is -0.329 e. The number of rotatable bonds is 2. The zero-order valence-corrected chi connectivity index (χ0v) is 7.58. The maximum Gasteiger partial charge on any atom is 0.0446 e. The van der Waals surface area contributed by atoms with Crippen LogP contribution in [0.2, 0.25) is 0 Å². The third kappa shape index (κ3) is 1.99. The van der Waals surface area contributed by atoms with Crippen LogP contribution in [0, 0.1) is 0 Å². The molecule has 1 unspecified atom stereocenters. The van der Waals surface area contributed by atoms with Crippen molar-refractivity contribution in [3.8, 4) is 0 Å². The Morgan fingerprint density at radius 3 is 2.91 bits per heavy atom. The molecule has 3 nitrogen and oxygen atoms in total. The van der Waals surface area contributed by atoms with E-state index in [1.165, 1.54) is 0 Å². The van der Waals surface area contributed by atoms with Gasteiger partial charge in [0.25, 0.3) is 0 Å². The van der Waals surface area contributed by atoms with E-state index in [0.29, 0.717) is 6.54 Å². The van der Waals surface area contributed by atoms with Crippen LogP contribution in [0.25, 0.3) is 0 Å². The molecular formula is C7H10BrN3. The number of hydrogen-bond acceptors (Lipinski definition) is 3. The Hall–Kier alpha value is -0.450. The molecular weight excluding hydrogens is 206 g/mol. The van der Waals surface area contributed by atoms with E-state index in [1.807, 2.05) is 6.07 Å². The van der Waals surface area contributed by atoms with E-state index in [9.17, 15) is 0 Å². The quantitative estimate of drug-likeness (QED) is 0.768. The van der Waals surface area contributed by atoms with Crippen LogP contribution in [-0.4, -0.2) is 11.5 Å². The predicted molar refractivity (Wildman–Crippen MR) is 47.9 cm³/mol. The highest BCUT2D eigenvalue weighted by Crippen LogP contribution is 2.19. The van der Waals surface area contributed by atoms with E-state index in [0.717, 1.165) is 10.0 Å². The van der Waals surface area contributed by atoms with Gasteiger partial charge in [0.15, 0.2) is 0 Å². The van der Waals surface area contributed by atoms with Crippen LogP contribution in [0.1, 0.15) is 11.6 Å². The van der Waals surface area contributed by atoms with Crippen LogP contribution in [0.3, 0.4) is 0 Å².